The molecule has 0 bridgehead atoms. The van der Waals surface area contributed by atoms with Gasteiger partial charge in [0.2, 0.25) is 0 Å². The van der Waals surface area contributed by atoms with Gasteiger partial charge in [-0.1, -0.05) is 32.0 Å². The van der Waals surface area contributed by atoms with Crippen LogP contribution in [0.1, 0.15) is 19.4 Å². The summed E-state index contributed by atoms with van der Waals surface area (Å²) in [6, 6.07) is 5.63. The molecule has 0 aliphatic heterocycles. The first-order valence-electron chi connectivity index (χ1n) is 5.90. The van der Waals surface area contributed by atoms with Crippen LogP contribution in [0.25, 0.3) is 11.1 Å². The van der Waals surface area contributed by atoms with E-state index in [2.05, 4.69) is 0 Å². The highest BCUT2D eigenvalue weighted by atomic mass is 19.2. The molecule has 2 rings (SSSR count). The molecule has 2 aromatic carbocycles. The van der Waals surface area contributed by atoms with Gasteiger partial charge >= 0.3 is 0 Å². The summed E-state index contributed by atoms with van der Waals surface area (Å²) >= 11 is 0. The number of aryl methyl sites for hydroxylation is 1. The van der Waals surface area contributed by atoms with Gasteiger partial charge < -0.3 is 0 Å². The topological polar surface area (TPSA) is 0 Å². The minimum atomic E-state index is -1.09. The van der Waals surface area contributed by atoms with Crippen LogP contribution in [0.15, 0.2) is 30.3 Å². The smallest absolute Gasteiger partial charge is 0.166 e. The molecule has 19 heavy (non-hydrogen) atoms. The van der Waals surface area contributed by atoms with Crippen molar-refractivity contribution >= 4 is 0 Å². The molecule has 0 aromatic heterocycles. The van der Waals surface area contributed by atoms with E-state index in [1.54, 1.807) is 0 Å². The molecule has 0 spiro atoms. The first-order chi connectivity index (χ1) is 9.00. The summed E-state index contributed by atoms with van der Waals surface area (Å²) in [5.41, 5.74) is 0.168. The Bertz CT molecular complexity index is 577. The Morgan fingerprint density at radius 2 is 1.37 bits per heavy atom. The molecule has 0 fully saturated rings. The highest BCUT2D eigenvalue weighted by Crippen LogP contribution is 2.27. The van der Waals surface area contributed by atoms with Crippen molar-refractivity contribution in [2.24, 2.45) is 0 Å². The second-order valence-electron chi connectivity index (χ2n) is 3.69. The maximum Gasteiger partial charge on any atom is 0.166 e. The minimum absolute atomic E-state index is 0.0907. The second kappa shape index (κ2) is 6.36. The summed E-state index contributed by atoms with van der Waals surface area (Å²) < 4.78 is 52.6. The molecule has 0 unspecified atom stereocenters. The van der Waals surface area contributed by atoms with Crippen LogP contribution in [0.3, 0.4) is 0 Å². The lowest BCUT2D eigenvalue weighted by molar-refractivity contribution is 0.503. The van der Waals surface area contributed by atoms with Gasteiger partial charge in [-0.05, 0) is 30.2 Å². The molecule has 0 saturated carbocycles. The zero-order valence-electron chi connectivity index (χ0n) is 10.9. The van der Waals surface area contributed by atoms with Crippen LogP contribution in [0.2, 0.25) is 0 Å². The molecular weight excluding hydrogens is 256 g/mol. The van der Waals surface area contributed by atoms with E-state index >= 15 is 0 Å². The Hall–Kier alpha value is -1.84. The monoisotopic (exact) mass is 270 g/mol. The Labute approximate surface area is 109 Å². The van der Waals surface area contributed by atoms with Gasteiger partial charge in [0.1, 0.15) is 0 Å². The molecule has 0 saturated heterocycles. The summed E-state index contributed by atoms with van der Waals surface area (Å²) in [6.45, 7) is 5.42. The normalized spacial score (nSPS) is 9.84. The average Bonchev–Trinajstić information content (AvgIpc) is 2.42. The van der Waals surface area contributed by atoms with Gasteiger partial charge in [-0.2, -0.15) is 0 Å². The highest BCUT2D eigenvalue weighted by molar-refractivity contribution is 5.64. The number of hydrogen-bond donors (Lipinski definition) is 0. The first-order valence-corrected chi connectivity index (χ1v) is 5.90. The van der Waals surface area contributed by atoms with Crippen molar-refractivity contribution < 1.29 is 17.6 Å². The third-order valence-corrected chi connectivity index (χ3v) is 2.51. The highest BCUT2D eigenvalue weighted by Gasteiger charge is 2.13. The van der Waals surface area contributed by atoms with Crippen molar-refractivity contribution in [3.05, 3.63) is 59.2 Å². The standard InChI is InChI=1S/C13H8F4.C2H6/c1-7-2-4-9(13(17)12(7)16)8-3-5-10(14)11(15)6-8;1-2/h2-6H,1H3;1-2H3. The fourth-order valence-electron chi connectivity index (χ4n) is 1.53. The van der Waals surface area contributed by atoms with Gasteiger partial charge in [0.05, 0.1) is 0 Å². The molecule has 2 aromatic rings. The zero-order chi connectivity index (χ0) is 14.6. The van der Waals surface area contributed by atoms with E-state index in [-0.39, 0.29) is 16.7 Å². The van der Waals surface area contributed by atoms with Crippen molar-refractivity contribution in [3.8, 4) is 11.1 Å². The summed E-state index contributed by atoms with van der Waals surface area (Å²) in [4.78, 5) is 0. The van der Waals surface area contributed by atoms with E-state index in [1.165, 1.54) is 25.1 Å². The second-order valence-corrected chi connectivity index (χ2v) is 3.69. The third kappa shape index (κ3) is 3.13. The molecule has 0 N–H and O–H groups in total. The fourth-order valence-corrected chi connectivity index (χ4v) is 1.53. The van der Waals surface area contributed by atoms with Crippen LogP contribution in [0.4, 0.5) is 17.6 Å². The molecule has 4 heteroatoms. The van der Waals surface area contributed by atoms with E-state index in [0.717, 1.165) is 12.1 Å². The Morgan fingerprint density at radius 3 is 1.95 bits per heavy atom. The number of hydrogen-bond acceptors (Lipinski definition) is 0. The lowest BCUT2D eigenvalue weighted by atomic mass is 10.0. The molecular formula is C15H14F4. The number of rotatable bonds is 1. The third-order valence-electron chi connectivity index (χ3n) is 2.51. The molecule has 0 radical (unpaired) electrons. The predicted octanol–water partition coefficient (Wildman–Crippen LogP) is 5.24. The minimum Gasteiger partial charge on any atom is -0.204 e. The Balaban J connectivity index is 0.000000861. The van der Waals surface area contributed by atoms with Gasteiger partial charge in [-0.3, -0.25) is 0 Å². The summed E-state index contributed by atoms with van der Waals surface area (Å²) in [5.74, 6) is -4.16. The molecule has 0 nitrogen and oxygen atoms in total. The molecule has 0 heterocycles. The van der Waals surface area contributed by atoms with Crippen molar-refractivity contribution in [2.45, 2.75) is 20.8 Å². The van der Waals surface area contributed by atoms with Crippen LogP contribution in [0, 0.1) is 30.2 Å². The average molecular weight is 270 g/mol. The summed E-state index contributed by atoms with van der Waals surface area (Å²) in [6.07, 6.45) is 0. The van der Waals surface area contributed by atoms with Crippen molar-refractivity contribution in [2.75, 3.05) is 0 Å². The van der Waals surface area contributed by atoms with Gasteiger partial charge in [0.25, 0.3) is 0 Å². The van der Waals surface area contributed by atoms with Crippen molar-refractivity contribution in [3.63, 3.8) is 0 Å². The van der Waals surface area contributed by atoms with Gasteiger partial charge in [0.15, 0.2) is 23.3 Å². The van der Waals surface area contributed by atoms with E-state index in [0.29, 0.717) is 0 Å². The SMILES string of the molecule is CC.Cc1ccc(-c2ccc(F)c(F)c2)c(F)c1F. The van der Waals surface area contributed by atoms with Crippen LogP contribution in [-0.2, 0) is 0 Å². The van der Waals surface area contributed by atoms with Crippen molar-refractivity contribution in [1.29, 1.82) is 0 Å². The van der Waals surface area contributed by atoms with Crippen LogP contribution in [-0.4, -0.2) is 0 Å². The predicted molar refractivity (Wildman–Crippen MR) is 67.8 cm³/mol. The molecule has 0 amide bonds. The lowest BCUT2D eigenvalue weighted by Gasteiger charge is -2.06. The summed E-state index contributed by atoms with van der Waals surface area (Å²) in [7, 11) is 0. The van der Waals surface area contributed by atoms with E-state index in [9.17, 15) is 17.6 Å². The largest absolute Gasteiger partial charge is 0.204 e. The zero-order valence-corrected chi connectivity index (χ0v) is 10.9. The number of halogens is 4. The van der Waals surface area contributed by atoms with Crippen molar-refractivity contribution in [1.82, 2.24) is 0 Å². The van der Waals surface area contributed by atoms with Gasteiger partial charge in [0, 0.05) is 5.56 Å². The maximum atomic E-state index is 13.6. The number of benzene rings is 2. The van der Waals surface area contributed by atoms with Gasteiger partial charge in [-0.25, -0.2) is 17.6 Å². The molecule has 0 aliphatic rings. The molecule has 0 aliphatic carbocycles. The van der Waals surface area contributed by atoms with E-state index in [4.69, 9.17) is 0 Å². The van der Waals surface area contributed by atoms with Crippen LogP contribution in [0.5, 0.6) is 0 Å². The Morgan fingerprint density at radius 1 is 0.737 bits per heavy atom. The molecule has 102 valence electrons. The van der Waals surface area contributed by atoms with E-state index < -0.39 is 23.3 Å². The quantitative estimate of drug-likeness (QED) is 0.621. The van der Waals surface area contributed by atoms with Crippen LogP contribution >= 0.6 is 0 Å². The van der Waals surface area contributed by atoms with E-state index in [1.807, 2.05) is 13.8 Å². The maximum absolute atomic E-state index is 13.6. The first kappa shape index (κ1) is 15.2. The Kier molecular flexibility index (Phi) is 5.10. The molecule has 0 atom stereocenters. The fraction of sp³-hybridized carbons (Fsp3) is 0.200. The summed E-state index contributed by atoms with van der Waals surface area (Å²) in [5, 5.41) is 0. The van der Waals surface area contributed by atoms with Crippen LogP contribution < -0.4 is 0 Å². The lowest BCUT2D eigenvalue weighted by Crippen LogP contribution is -1.94. The van der Waals surface area contributed by atoms with Gasteiger partial charge in [-0.15, -0.1) is 0 Å².